The van der Waals surface area contributed by atoms with Crippen LogP contribution in [0.3, 0.4) is 0 Å². The highest BCUT2D eigenvalue weighted by molar-refractivity contribution is 6.05. The highest BCUT2D eigenvalue weighted by Crippen LogP contribution is 2.22. The summed E-state index contributed by atoms with van der Waals surface area (Å²) in [5.74, 6) is 5.17. The summed E-state index contributed by atoms with van der Waals surface area (Å²) >= 11 is 0. The monoisotopic (exact) mass is 591 g/mol. The molecule has 0 radical (unpaired) electrons. The van der Waals surface area contributed by atoms with Gasteiger partial charge in [0.1, 0.15) is 17.4 Å². The van der Waals surface area contributed by atoms with Gasteiger partial charge in [-0.25, -0.2) is 4.79 Å². The Morgan fingerprint density at radius 1 is 1.19 bits per heavy atom. The van der Waals surface area contributed by atoms with Crippen LogP contribution in [0.25, 0.3) is 0 Å². The van der Waals surface area contributed by atoms with Gasteiger partial charge >= 0.3 is 12.0 Å². The minimum Gasteiger partial charge on any atom is -0.497 e. The SMILES string of the molecule is C=C(NCCN(C)C(C(=O)O)c1ccc(C#CC2NC(=O)NC2=O)cc1)OC(C)(C)C.COc1ccc2c(c1)C(=O)NC2. The lowest BCUT2D eigenvalue weighted by Crippen LogP contribution is -2.36. The quantitative estimate of drug-likeness (QED) is 0.167. The van der Waals surface area contributed by atoms with Crippen molar-refractivity contribution in [2.45, 2.75) is 45.0 Å². The molecule has 0 bridgehead atoms. The first-order valence-electron chi connectivity index (χ1n) is 13.5. The number of ether oxygens (including phenoxy) is 2. The van der Waals surface area contributed by atoms with E-state index in [9.17, 15) is 24.3 Å². The van der Waals surface area contributed by atoms with Gasteiger partial charge in [-0.2, -0.15) is 0 Å². The van der Waals surface area contributed by atoms with Gasteiger partial charge in [0, 0.05) is 30.8 Å². The van der Waals surface area contributed by atoms with Crippen molar-refractivity contribution < 1.29 is 33.8 Å². The van der Waals surface area contributed by atoms with E-state index in [1.807, 2.05) is 32.9 Å². The highest BCUT2D eigenvalue weighted by Gasteiger charge is 2.28. The Balaban J connectivity index is 0.000000347. The van der Waals surface area contributed by atoms with E-state index in [2.05, 4.69) is 39.7 Å². The van der Waals surface area contributed by atoms with Gasteiger partial charge < -0.3 is 30.5 Å². The zero-order valence-corrected chi connectivity index (χ0v) is 24.9. The second-order valence-corrected chi connectivity index (χ2v) is 10.8. The van der Waals surface area contributed by atoms with Crippen molar-refractivity contribution >= 4 is 23.8 Å². The second kappa shape index (κ2) is 14.2. The molecule has 2 atom stereocenters. The Morgan fingerprint density at radius 3 is 2.47 bits per heavy atom. The molecule has 2 aliphatic rings. The lowest BCUT2D eigenvalue weighted by Gasteiger charge is -2.27. The van der Waals surface area contributed by atoms with Crippen LogP contribution in [0.1, 0.15) is 53.9 Å². The number of carboxylic acid groups (broad SMARTS) is 1. The van der Waals surface area contributed by atoms with Gasteiger partial charge in [-0.15, -0.1) is 0 Å². The molecule has 2 aromatic carbocycles. The molecule has 228 valence electrons. The van der Waals surface area contributed by atoms with Gasteiger partial charge in [0.15, 0.2) is 11.9 Å². The lowest BCUT2D eigenvalue weighted by molar-refractivity contribution is -0.143. The van der Waals surface area contributed by atoms with Crippen molar-refractivity contribution in [3.63, 3.8) is 0 Å². The maximum atomic E-state index is 11.9. The molecule has 12 nitrogen and oxygen atoms in total. The zero-order chi connectivity index (χ0) is 31.7. The molecule has 2 aliphatic heterocycles. The number of hydrogen-bond donors (Lipinski definition) is 5. The third-order valence-corrected chi connectivity index (χ3v) is 6.25. The molecule has 0 saturated carbocycles. The first kappa shape index (κ1) is 32.5. The molecule has 4 rings (SSSR count). The fourth-order valence-electron chi connectivity index (χ4n) is 4.23. The summed E-state index contributed by atoms with van der Waals surface area (Å²) in [6.45, 7) is 11.1. The summed E-state index contributed by atoms with van der Waals surface area (Å²) in [7, 11) is 3.32. The number of nitrogens with one attached hydrogen (secondary N) is 4. The molecule has 0 spiro atoms. The molecule has 2 aromatic rings. The zero-order valence-electron chi connectivity index (χ0n) is 24.9. The minimum atomic E-state index is -0.976. The molecular formula is C31H37N5O7. The predicted molar refractivity (Wildman–Crippen MR) is 159 cm³/mol. The van der Waals surface area contributed by atoms with Crippen molar-refractivity contribution in [2.24, 2.45) is 0 Å². The van der Waals surface area contributed by atoms with Crippen LogP contribution in [0, 0.1) is 11.8 Å². The number of methoxy groups -OCH3 is 1. The predicted octanol–water partition coefficient (Wildman–Crippen LogP) is 2.12. The van der Waals surface area contributed by atoms with Crippen LogP contribution in [-0.4, -0.2) is 72.7 Å². The molecule has 12 heteroatoms. The Hall–Kier alpha value is -5.02. The molecule has 2 unspecified atom stereocenters. The van der Waals surface area contributed by atoms with Crippen LogP contribution in [0.5, 0.6) is 5.75 Å². The molecule has 1 fully saturated rings. The molecule has 43 heavy (non-hydrogen) atoms. The molecule has 1 saturated heterocycles. The first-order chi connectivity index (χ1) is 20.3. The van der Waals surface area contributed by atoms with Gasteiger partial charge in [0.2, 0.25) is 0 Å². The highest BCUT2D eigenvalue weighted by atomic mass is 16.5. The molecule has 0 aliphatic carbocycles. The summed E-state index contributed by atoms with van der Waals surface area (Å²) in [6, 6.07) is 9.94. The molecule has 5 N–H and O–H groups in total. The summed E-state index contributed by atoms with van der Waals surface area (Å²) < 4.78 is 10.6. The molecule has 4 amide bonds. The van der Waals surface area contributed by atoms with E-state index in [0.717, 1.165) is 16.9 Å². The standard InChI is InChI=1S/C22H28N4O5.C9H9NO2/c1-14(31-22(2,3)4)23-12-13-26(5)18(20(28)29)16-9-6-15(7-10-16)8-11-17-19(27)25-21(30)24-17;1-12-7-3-2-6-5-10-9(11)8(6)4-7/h6-7,9-10,17-18,23H,1,12-13H2,2-5H3,(H,28,29)(H2,24,25,27,30);2-4H,5H2,1H3,(H,10,11). The van der Waals surface area contributed by atoms with Crippen LogP contribution in [0.2, 0.25) is 0 Å². The third kappa shape index (κ3) is 9.51. The van der Waals surface area contributed by atoms with Gasteiger partial charge in [-0.05, 0) is 69.8 Å². The van der Waals surface area contributed by atoms with E-state index in [1.54, 1.807) is 49.4 Å². The number of fused-ring (bicyclic) bond motifs is 1. The van der Waals surface area contributed by atoms with Crippen molar-refractivity contribution in [1.82, 2.24) is 26.2 Å². The number of rotatable bonds is 9. The largest absolute Gasteiger partial charge is 0.497 e. The van der Waals surface area contributed by atoms with Gasteiger partial charge in [-0.3, -0.25) is 24.6 Å². The number of urea groups is 1. The smallest absolute Gasteiger partial charge is 0.325 e. The van der Waals surface area contributed by atoms with E-state index in [0.29, 0.717) is 36.6 Å². The van der Waals surface area contributed by atoms with E-state index in [-0.39, 0.29) is 11.5 Å². The van der Waals surface area contributed by atoms with E-state index in [1.165, 1.54) is 0 Å². The fraction of sp³-hybridized carbons (Fsp3) is 0.355. The summed E-state index contributed by atoms with van der Waals surface area (Å²) in [5, 5.41) is 20.0. The van der Waals surface area contributed by atoms with Crippen LogP contribution in [0.15, 0.2) is 54.9 Å². The number of imide groups is 1. The average molecular weight is 592 g/mol. The van der Waals surface area contributed by atoms with Crippen LogP contribution < -0.4 is 26.0 Å². The van der Waals surface area contributed by atoms with Gasteiger partial charge in [-0.1, -0.05) is 30.0 Å². The van der Waals surface area contributed by atoms with Crippen LogP contribution >= 0.6 is 0 Å². The van der Waals surface area contributed by atoms with Crippen molar-refractivity contribution in [3.05, 3.63) is 77.2 Å². The molecule has 2 heterocycles. The van der Waals surface area contributed by atoms with Crippen LogP contribution in [0.4, 0.5) is 4.79 Å². The maximum Gasteiger partial charge on any atom is 0.325 e. The second-order valence-electron chi connectivity index (χ2n) is 10.8. The first-order valence-corrected chi connectivity index (χ1v) is 13.5. The molecular weight excluding hydrogens is 554 g/mol. The number of carbonyl (C=O) groups is 4. The average Bonchev–Trinajstić information content (AvgIpc) is 3.47. The Morgan fingerprint density at radius 2 is 1.88 bits per heavy atom. The minimum absolute atomic E-state index is 0.0103. The number of nitrogens with zero attached hydrogens (tertiary/aromatic N) is 1. The Labute approximate surface area is 250 Å². The van der Waals surface area contributed by atoms with Gasteiger partial charge in [0.05, 0.1) is 7.11 Å². The van der Waals surface area contributed by atoms with Crippen molar-refractivity contribution in [3.8, 4) is 17.6 Å². The summed E-state index contributed by atoms with van der Waals surface area (Å²) in [6.07, 6.45) is 0. The van der Waals surface area contributed by atoms with Crippen molar-refractivity contribution in [1.29, 1.82) is 0 Å². The van der Waals surface area contributed by atoms with Gasteiger partial charge in [0.25, 0.3) is 11.8 Å². The van der Waals surface area contributed by atoms with E-state index >= 15 is 0 Å². The normalized spacial score (nSPS) is 15.9. The topological polar surface area (TPSA) is 158 Å². The van der Waals surface area contributed by atoms with E-state index in [4.69, 9.17) is 9.47 Å². The number of amides is 4. The number of carboxylic acids is 1. The number of likely N-dealkylation sites (N-methyl/N-ethyl adjacent to an activating group) is 1. The number of aliphatic carboxylic acids is 1. The van der Waals surface area contributed by atoms with E-state index < -0.39 is 30.0 Å². The Bertz CT molecular complexity index is 1440. The van der Waals surface area contributed by atoms with Crippen molar-refractivity contribution in [2.75, 3.05) is 27.2 Å². The Kier molecular flexibility index (Phi) is 10.8. The summed E-state index contributed by atoms with van der Waals surface area (Å²) in [5.41, 5.74) is 2.60. The molecule has 0 aromatic heterocycles. The lowest BCUT2D eigenvalue weighted by atomic mass is 10.0. The maximum absolute atomic E-state index is 11.9. The summed E-state index contributed by atoms with van der Waals surface area (Å²) in [4.78, 5) is 47.4. The number of carbonyl (C=O) groups excluding carboxylic acids is 3. The number of hydrogen-bond acceptors (Lipinski definition) is 8. The fourth-order valence-corrected chi connectivity index (χ4v) is 4.23. The van der Waals surface area contributed by atoms with Crippen LogP contribution in [-0.2, 0) is 20.9 Å². The number of benzene rings is 2. The third-order valence-electron chi connectivity index (χ3n) is 6.25.